The summed E-state index contributed by atoms with van der Waals surface area (Å²) in [6.45, 7) is 1.85. The molecule has 2 fully saturated rings. The lowest BCUT2D eigenvalue weighted by Gasteiger charge is -2.34. The van der Waals surface area contributed by atoms with Crippen molar-refractivity contribution in [2.75, 3.05) is 33.2 Å². The van der Waals surface area contributed by atoms with Crippen LogP contribution >= 0.6 is 0 Å². The summed E-state index contributed by atoms with van der Waals surface area (Å²) in [5, 5.41) is 2.99. The van der Waals surface area contributed by atoms with Crippen LogP contribution in [-0.4, -0.2) is 67.1 Å². The van der Waals surface area contributed by atoms with Crippen molar-refractivity contribution in [1.29, 1.82) is 0 Å². The third kappa shape index (κ3) is 4.34. The molecule has 0 saturated carbocycles. The van der Waals surface area contributed by atoms with E-state index in [4.69, 9.17) is 0 Å². The molecule has 2 heterocycles. The number of hydrogen-bond acceptors (Lipinski definition) is 3. The smallest absolute Gasteiger partial charge is 0.353 e. The molecule has 0 aromatic heterocycles. The third-order valence-corrected chi connectivity index (χ3v) is 4.46. The van der Waals surface area contributed by atoms with Crippen molar-refractivity contribution >= 4 is 11.8 Å². The van der Waals surface area contributed by atoms with Crippen LogP contribution in [0.2, 0.25) is 0 Å². The Balaban J connectivity index is 1.76. The fourth-order valence-electron chi connectivity index (χ4n) is 3.00. The number of nitrogens with zero attached hydrogens (tertiary/aromatic N) is 2. The van der Waals surface area contributed by atoms with E-state index in [2.05, 4.69) is 10.2 Å². The summed E-state index contributed by atoms with van der Waals surface area (Å²) >= 11 is 0. The zero-order valence-corrected chi connectivity index (χ0v) is 12.7. The molecule has 0 aliphatic carbocycles. The minimum atomic E-state index is -4.83. The van der Waals surface area contributed by atoms with Crippen molar-refractivity contribution in [3.8, 4) is 0 Å². The highest BCUT2D eigenvalue weighted by Gasteiger charge is 2.43. The van der Waals surface area contributed by atoms with Gasteiger partial charge in [-0.1, -0.05) is 0 Å². The Hall–Kier alpha value is -1.31. The molecule has 5 nitrogen and oxygen atoms in total. The van der Waals surface area contributed by atoms with Crippen molar-refractivity contribution < 1.29 is 22.8 Å². The van der Waals surface area contributed by atoms with Gasteiger partial charge >= 0.3 is 12.1 Å². The van der Waals surface area contributed by atoms with Crippen LogP contribution < -0.4 is 5.32 Å². The Bertz CT molecular complexity index is 412. The first-order valence-corrected chi connectivity index (χ1v) is 7.62. The number of alkyl halides is 3. The van der Waals surface area contributed by atoms with Gasteiger partial charge in [-0.3, -0.25) is 9.59 Å². The molecule has 0 radical (unpaired) electrons. The van der Waals surface area contributed by atoms with E-state index in [-0.39, 0.29) is 31.0 Å². The Morgan fingerprint density at radius 1 is 1.00 bits per heavy atom. The van der Waals surface area contributed by atoms with Gasteiger partial charge in [-0.2, -0.15) is 13.2 Å². The van der Waals surface area contributed by atoms with Crippen molar-refractivity contribution in [1.82, 2.24) is 15.1 Å². The molecule has 0 unspecified atom stereocenters. The van der Waals surface area contributed by atoms with Gasteiger partial charge in [-0.05, 0) is 45.8 Å². The topological polar surface area (TPSA) is 52.7 Å². The molecule has 0 atom stereocenters. The Kier molecular flexibility index (Phi) is 5.31. The summed E-state index contributed by atoms with van der Waals surface area (Å²) < 4.78 is 37.1. The second-order valence-electron chi connectivity index (χ2n) is 6.15. The number of likely N-dealkylation sites (tertiary alicyclic amines) is 2. The highest BCUT2D eigenvalue weighted by molar-refractivity contribution is 5.83. The van der Waals surface area contributed by atoms with Crippen LogP contribution in [0.3, 0.4) is 0 Å². The molecule has 126 valence electrons. The standard InChI is InChI=1S/C14H22F3N3O2/c1-19-6-4-11(5-7-19)18-12(21)10-2-8-20(9-3-10)13(22)14(15,16)17/h10-11H,2-9H2,1H3,(H,18,21). The third-order valence-electron chi connectivity index (χ3n) is 4.46. The molecule has 2 aliphatic rings. The fraction of sp³-hybridized carbons (Fsp3) is 0.857. The number of hydrogen-bond donors (Lipinski definition) is 1. The summed E-state index contributed by atoms with van der Waals surface area (Å²) in [6.07, 6.45) is -2.45. The average Bonchev–Trinajstić information content (AvgIpc) is 2.48. The molecule has 0 aromatic carbocycles. The Morgan fingerprint density at radius 3 is 2.05 bits per heavy atom. The SMILES string of the molecule is CN1CCC(NC(=O)C2CCN(C(=O)C(F)(F)F)CC2)CC1. The second kappa shape index (κ2) is 6.85. The number of carbonyl (C=O) groups is 2. The first-order chi connectivity index (χ1) is 10.3. The fourth-order valence-corrected chi connectivity index (χ4v) is 3.00. The van der Waals surface area contributed by atoms with Gasteiger partial charge in [0.2, 0.25) is 5.91 Å². The van der Waals surface area contributed by atoms with Crippen LogP contribution in [0.15, 0.2) is 0 Å². The maximum Gasteiger partial charge on any atom is 0.471 e. The highest BCUT2D eigenvalue weighted by Crippen LogP contribution is 2.24. The number of carbonyl (C=O) groups excluding carboxylic acids is 2. The van der Waals surface area contributed by atoms with Gasteiger partial charge in [-0.15, -0.1) is 0 Å². The van der Waals surface area contributed by atoms with Gasteiger partial charge in [0.1, 0.15) is 0 Å². The van der Waals surface area contributed by atoms with E-state index in [0.29, 0.717) is 12.8 Å². The largest absolute Gasteiger partial charge is 0.471 e. The zero-order chi connectivity index (χ0) is 16.3. The number of piperidine rings is 2. The molecule has 0 spiro atoms. The van der Waals surface area contributed by atoms with Crippen molar-refractivity contribution in [2.45, 2.75) is 37.9 Å². The molecule has 8 heteroatoms. The average molecular weight is 321 g/mol. The molecule has 2 saturated heterocycles. The highest BCUT2D eigenvalue weighted by atomic mass is 19.4. The minimum absolute atomic E-state index is 0.0101. The lowest BCUT2D eigenvalue weighted by Crippen LogP contribution is -2.50. The summed E-state index contributed by atoms with van der Waals surface area (Å²) in [5.74, 6) is -2.19. The normalized spacial score (nSPS) is 22.6. The monoisotopic (exact) mass is 321 g/mol. The molecule has 22 heavy (non-hydrogen) atoms. The molecular weight excluding hydrogens is 299 g/mol. The lowest BCUT2D eigenvalue weighted by molar-refractivity contribution is -0.186. The summed E-state index contributed by atoms with van der Waals surface area (Å²) in [5.41, 5.74) is 0. The van der Waals surface area contributed by atoms with Crippen LogP contribution in [0.5, 0.6) is 0 Å². The first kappa shape index (κ1) is 17.1. The van der Waals surface area contributed by atoms with Gasteiger partial charge < -0.3 is 15.1 Å². The van der Waals surface area contributed by atoms with Crippen molar-refractivity contribution in [3.63, 3.8) is 0 Å². The molecular formula is C14H22F3N3O2. The van der Waals surface area contributed by atoms with Crippen molar-refractivity contribution in [2.24, 2.45) is 5.92 Å². The van der Waals surface area contributed by atoms with Crippen LogP contribution in [0.1, 0.15) is 25.7 Å². The molecule has 1 N–H and O–H groups in total. The Labute approximate surface area is 127 Å². The molecule has 2 aliphatic heterocycles. The van der Waals surface area contributed by atoms with E-state index in [0.717, 1.165) is 30.8 Å². The maximum atomic E-state index is 12.4. The number of nitrogens with one attached hydrogen (secondary N) is 1. The molecule has 2 rings (SSSR count). The van der Waals surface area contributed by atoms with Gasteiger partial charge in [0, 0.05) is 25.0 Å². The number of amides is 2. The van der Waals surface area contributed by atoms with E-state index in [1.54, 1.807) is 0 Å². The predicted octanol–water partition coefficient (Wildman–Crippen LogP) is 0.998. The van der Waals surface area contributed by atoms with E-state index >= 15 is 0 Å². The van der Waals surface area contributed by atoms with Crippen LogP contribution in [0.4, 0.5) is 13.2 Å². The summed E-state index contributed by atoms with van der Waals surface area (Å²) in [4.78, 5) is 26.3. The number of rotatable bonds is 2. The van der Waals surface area contributed by atoms with Gasteiger partial charge in [0.25, 0.3) is 0 Å². The Morgan fingerprint density at radius 2 is 1.55 bits per heavy atom. The lowest BCUT2D eigenvalue weighted by atomic mass is 9.94. The van der Waals surface area contributed by atoms with E-state index in [1.807, 2.05) is 7.05 Å². The predicted molar refractivity (Wildman–Crippen MR) is 74.0 cm³/mol. The number of halogens is 3. The summed E-state index contributed by atoms with van der Waals surface area (Å²) in [7, 11) is 2.03. The second-order valence-corrected chi connectivity index (χ2v) is 6.15. The molecule has 2 amide bonds. The van der Waals surface area contributed by atoms with Gasteiger partial charge in [-0.25, -0.2) is 0 Å². The minimum Gasteiger partial charge on any atom is -0.353 e. The quantitative estimate of drug-likeness (QED) is 0.825. The zero-order valence-electron chi connectivity index (χ0n) is 12.7. The van der Waals surface area contributed by atoms with Crippen molar-refractivity contribution in [3.05, 3.63) is 0 Å². The first-order valence-electron chi connectivity index (χ1n) is 7.62. The van der Waals surface area contributed by atoms with Gasteiger partial charge in [0.15, 0.2) is 0 Å². The maximum absolute atomic E-state index is 12.4. The van der Waals surface area contributed by atoms with Gasteiger partial charge in [0.05, 0.1) is 0 Å². The molecule has 0 aromatic rings. The van der Waals surface area contributed by atoms with E-state index < -0.39 is 12.1 Å². The van der Waals surface area contributed by atoms with Crippen LogP contribution in [-0.2, 0) is 9.59 Å². The van der Waals surface area contributed by atoms with E-state index in [9.17, 15) is 22.8 Å². The molecule has 0 bridgehead atoms. The van der Waals surface area contributed by atoms with Crippen LogP contribution in [0.25, 0.3) is 0 Å². The summed E-state index contributed by atoms with van der Waals surface area (Å²) in [6, 6.07) is 0.151. The van der Waals surface area contributed by atoms with Crippen LogP contribution in [0, 0.1) is 5.92 Å². The van der Waals surface area contributed by atoms with E-state index in [1.165, 1.54) is 0 Å².